The van der Waals surface area contributed by atoms with Crippen molar-refractivity contribution >= 4 is 17.6 Å². The van der Waals surface area contributed by atoms with Gasteiger partial charge in [0.1, 0.15) is 10.8 Å². The molecule has 17 heavy (non-hydrogen) atoms. The van der Waals surface area contributed by atoms with Crippen molar-refractivity contribution in [2.45, 2.75) is 12.8 Å². The Morgan fingerprint density at radius 3 is 3.06 bits per heavy atom. The van der Waals surface area contributed by atoms with Gasteiger partial charge in [-0.05, 0) is 24.5 Å². The molecule has 3 rings (SSSR count). The summed E-state index contributed by atoms with van der Waals surface area (Å²) in [4.78, 5) is 15.0. The van der Waals surface area contributed by atoms with E-state index < -0.39 is 5.97 Å². The summed E-state index contributed by atoms with van der Waals surface area (Å²) in [6.07, 6.45) is 3.13. The predicted octanol–water partition coefficient (Wildman–Crippen LogP) is 1.92. The van der Waals surface area contributed by atoms with Gasteiger partial charge in [0.25, 0.3) is 0 Å². The molecule has 0 amide bonds. The highest BCUT2D eigenvalue weighted by atomic mass is 35.5. The van der Waals surface area contributed by atoms with Crippen LogP contribution in [0.3, 0.4) is 0 Å². The summed E-state index contributed by atoms with van der Waals surface area (Å²) in [5.74, 6) is -0.984. The van der Waals surface area contributed by atoms with Crippen LogP contribution in [0.2, 0.25) is 5.15 Å². The number of pyridine rings is 1. The maximum Gasteiger partial charge on any atom is 0.354 e. The number of fused-ring (bicyclic) bond motifs is 3. The van der Waals surface area contributed by atoms with E-state index in [0.717, 1.165) is 23.1 Å². The largest absolute Gasteiger partial charge is 0.477 e. The van der Waals surface area contributed by atoms with E-state index in [9.17, 15) is 4.79 Å². The van der Waals surface area contributed by atoms with Crippen molar-refractivity contribution in [1.29, 1.82) is 0 Å². The number of aromatic nitrogens is 3. The van der Waals surface area contributed by atoms with E-state index in [2.05, 4.69) is 15.2 Å². The van der Waals surface area contributed by atoms with Crippen LogP contribution in [0.25, 0.3) is 11.3 Å². The van der Waals surface area contributed by atoms with Gasteiger partial charge in [0.05, 0.1) is 5.69 Å². The minimum atomic E-state index is -0.984. The number of aryl methyl sites for hydroxylation is 1. The van der Waals surface area contributed by atoms with Gasteiger partial charge in [-0.25, -0.2) is 9.78 Å². The summed E-state index contributed by atoms with van der Waals surface area (Å²) in [7, 11) is 0. The van der Waals surface area contributed by atoms with Gasteiger partial charge in [0.15, 0.2) is 0 Å². The molecule has 2 aromatic rings. The summed E-state index contributed by atoms with van der Waals surface area (Å²) in [6, 6.07) is 1.72. The highest BCUT2D eigenvalue weighted by Gasteiger charge is 2.25. The quantitative estimate of drug-likeness (QED) is 0.757. The Labute approximate surface area is 101 Å². The third kappa shape index (κ3) is 1.51. The molecule has 5 nitrogen and oxygen atoms in total. The molecule has 2 N–H and O–H groups in total. The van der Waals surface area contributed by atoms with E-state index in [1.807, 2.05) is 0 Å². The van der Waals surface area contributed by atoms with Crippen LogP contribution < -0.4 is 0 Å². The average molecular weight is 250 g/mol. The van der Waals surface area contributed by atoms with Crippen molar-refractivity contribution in [2.75, 3.05) is 0 Å². The minimum Gasteiger partial charge on any atom is -0.477 e. The molecule has 0 spiro atoms. The van der Waals surface area contributed by atoms with Crippen LogP contribution in [0.15, 0.2) is 12.3 Å². The van der Waals surface area contributed by atoms with E-state index in [4.69, 9.17) is 16.7 Å². The number of rotatable bonds is 1. The lowest BCUT2D eigenvalue weighted by Crippen LogP contribution is -2.07. The SMILES string of the molecule is O=C(O)c1[nH]nc2c1CCc1cnc(Cl)cc1-2. The Morgan fingerprint density at radius 2 is 2.29 bits per heavy atom. The van der Waals surface area contributed by atoms with Gasteiger partial charge in [-0.3, -0.25) is 5.10 Å². The molecule has 0 saturated carbocycles. The molecule has 6 heteroatoms. The second kappa shape index (κ2) is 3.56. The number of carboxylic acid groups (broad SMARTS) is 1. The number of H-pyrrole nitrogens is 1. The molecule has 0 bridgehead atoms. The predicted molar refractivity (Wildman–Crippen MR) is 61.2 cm³/mol. The second-order valence-electron chi connectivity index (χ2n) is 3.90. The van der Waals surface area contributed by atoms with E-state index in [0.29, 0.717) is 17.3 Å². The lowest BCUT2D eigenvalue weighted by Gasteiger charge is -2.14. The number of nitrogens with zero attached hydrogens (tertiary/aromatic N) is 2. The van der Waals surface area contributed by atoms with Crippen LogP contribution in [-0.4, -0.2) is 26.3 Å². The lowest BCUT2D eigenvalue weighted by atomic mass is 9.90. The maximum absolute atomic E-state index is 11.0. The zero-order valence-electron chi connectivity index (χ0n) is 8.70. The van der Waals surface area contributed by atoms with Crippen LogP contribution >= 0.6 is 11.6 Å². The zero-order chi connectivity index (χ0) is 12.0. The fraction of sp³-hybridized carbons (Fsp3) is 0.182. The first kappa shape index (κ1) is 10.3. The number of carboxylic acids is 1. The number of hydrogen-bond donors (Lipinski definition) is 2. The highest BCUT2D eigenvalue weighted by Crippen LogP contribution is 2.34. The second-order valence-corrected chi connectivity index (χ2v) is 4.28. The Kier molecular flexibility index (Phi) is 2.16. The number of hydrogen-bond acceptors (Lipinski definition) is 3. The van der Waals surface area contributed by atoms with Crippen LogP contribution in [0, 0.1) is 0 Å². The number of aromatic amines is 1. The molecule has 1 aliphatic rings. The van der Waals surface area contributed by atoms with E-state index in [-0.39, 0.29) is 5.69 Å². The molecule has 0 atom stereocenters. The molecule has 0 unspecified atom stereocenters. The molecule has 1 aliphatic carbocycles. The third-order valence-electron chi connectivity index (χ3n) is 2.93. The van der Waals surface area contributed by atoms with Crippen LogP contribution in [0.5, 0.6) is 0 Å². The zero-order valence-corrected chi connectivity index (χ0v) is 9.45. The molecule has 2 aromatic heterocycles. The molecular weight excluding hydrogens is 242 g/mol. The van der Waals surface area contributed by atoms with Crippen molar-refractivity contribution in [3.05, 3.63) is 34.2 Å². The van der Waals surface area contributed by atoms with Gasteiger partial charge in [-0.1, -0.05) is 11.6 Å². The molecule has 2 heterocycles. The summed E-state index contributed by atoms with van der Waals surface area (Å²) in [6.45, 7) is 0. The first-order chi connectivity index (χ1) is 8.16. The van der Waals surface area contributed by atoms with Gasteiger partial charge in [-0.15, -0.1) is 0 Å². The number of halogens is 1. The van der Waals surface area contributed by atoms with Gasteiger partial charge in [-0.2, -0.15) is 5.10 Å². The number of nitrogens with one attached hydrogen (secondary N) is 1. The standard InChI is InChI=1S/C11H8ClN3O2/c12-8-3-7-5(4-13-8)1-2-6-9(7)14-15-10(6)11(16)17/h3-4H,1-2H2,(H,14,15)(H,16,17). The molecule has 0 aromatic carbocycles. The summed E-state index contributed by atoms with van der Waals surface area (Å²) in [5.41, 5.74) is 3.50. The third-order valence-corrected chi connectivity index (χ3v) is 3.14. The van der Waals surface area contributed by atoms with Crippen LogP contribution in [0.4, 0.5) is 0 Å². The summed E-state index contributed by atoms with van der Waals surface area (Å²) < 4.78 is 0. The van der Waals surface area contributed by atoms with Gasteiger partial charge >= 0.3 is 5.97 Å². The first-order valence-corrected chi connectivity index (χ1v) is 5.50. The normalized spacial score (nSPS) is 13.0. The molecule has 0 saturated heterocycles. The Bertz CT molecular complexity index is 621. The first-order valence-electron chi connectivity index (χ1n) is 5.12. The minimum absolute atomic E-state index is 0.165. The van der Waals surface area contributed by atoms with Crippen LogP contribution in [0.1, 0.15) is 21.6 Å². The summed E-state index contributed by atoms with van der Waals surface area (Å²) >= 11 is 5.85. The Morgan fingerprint density at radius 1 is 1.47 bits per heavy atom. The van der Waals surface area contributed by atoms with Gasteiger partial charge in [0.2, 0.25) is 0 Å². The fourth-order valence-corrected chi connectivity index (χ4v) is 2.30. The monoisotopic (exact) mass is 249 g/mol. The van der Waals surface area contributed by atoms with Crippen molar-refractivity contribution in [2.24, 2.45) is 0 Å². The molecule has 0 radical (unpaired) electrons. The van der Waals surface area contributed by atoms with Gasteiger partial charge in [0, 0.05) is 17.3 Å². The van der Waals surface area contributed by atoms with E-state index in [1.54, 1.807) is 12.3 Å². The Balaban J connectivity index is 2.23. The van der Waals surface area contributed by atoms with E-state index in [1.165, 1.54) is 0 Å². The number of aromatic carboxylic acids is 1. The topological polar surface area (TPSA) is 78.9 Å². The number of carbonyl (C=O) groups is 1. The summed E-state index contributed by atoms with van der Waals surface area (Å²) in [5, 5.41) is 16.0. The smallest absolute Gasteiger partial charge is 0.354 e. The average Bonchev–Trinajstić information content (AvgIpc) is 2.72. The fourth-order valence-electron chi connectivity index (χ4n) is 2.15. The molecular formula is C11H8ClN3O2. The van der Waals surface area contributed by atoms with Crippen molar-refractivity contribution < 1.29 is 9.90 Å². The maximum atomic E-state index is 11.0. The Hall–Kier alpha value is -1.88. The van der Waals surface area contributed by atoms with Crippen molar-refractivity contribution in [3.8, 4) is 11.3 Å². The molecule has 0 fully saturated rings. The molecule has 86 valence electrons. The van der Waals surface area contributed by atoms with Crippen LogP contribution in [-0.2, 0) is 12.8 Å². The van der Waals surface area contributed by atoms with Crippen molar-refractivity contribution in [3.63, 3.8) is 0 Å². The van der Waals surface area contributed by atoms with E-state index >= 15 is 0 Å². The van der Waals surface area contributed by atoms with Crippen molar-refractivity contribution in [1.82, 2.24) is 15.2 Å². The highest BCUT2D eigenvalue weighted by molar-refractivity contribution is 6.29. The molecule has 0 aliphatic heterocycles. The lowest BCUT2D eigenvalue weighted by molar-refractivity contribution is 0.0689. The van der Waals surface area contributed by atoms with Gasteiger partial charge < -0.3 is 5.11 Å².